The van der Waals surface area contributed by atoms with Crippen LogP contribution >= 0.6 is 11.8 Å². The molecule has 110 valence electrons. The maximum atomic E-state index is 11.7. The molecule has 21 heavy (non-hydrogen) atoms. The SMILES string of the molecule is COC(=O)COC(=O)c1ccc(-n2nnnc2SC)cc1. The first-order valence-electron chi connectivity index (χ1n) is 5.82. The highest BCUT2D eigenvalue weighted by atomic mass is 32.2. The van der Waals surface area contributed by atoms with Crippen molar-refractivity contribution < 1.29 is 19.1 Å². The van der Waals surface area contributed by atoms with Gasteiger partial charge in [-0.3, -0.25) is 0 Å². The third kappa shape index (κ3) is 3.57. The van der Waals surface area contributed by atoms with E-state index in [1.807, 2.05) is 6.26 Å². The second kappa shape index (κ2) is 6.84. The fraction of sp³-hybridized carbons (Fsp3) is 0.250. The number of hydrogen-bond acceptors (Lipinski definition) is 8. The summed E-state index contributed by atoms with van der Waals surface area (Å²) in [5, 5.41) is 11.9. The number of rotatable bonds is 5. The van der Waals surface area contributed by atoms with E-state index in [4.69, 9.17) is 4.74 Å². The van der Waals surface area contributed by atoms with E-state index in [1.54, 1.807) is 28.9 Å². The number of tetrazole rings is 1. The van der Waals surface area contributed by atoms with Crippen LogP contribution in [0.15, 0.2) is 29.4 Å². The van der Waals surface area contributed by atoms with Crippen molar-refractivity contribution in [2.24, 2.45) is 0 Å². The predicted molar refractivity (Wildman–Crippen MR) is 73.2 cm³/mol. The van der Waals surface area contributed by atoms with Crippen LogP contribution in [0.5, 0.6) is 0 Å². The van der Waals surface area contributed by atoms with Crippen molar-refractivity contribution >= 4 is 23.7 Å². The fourth-order valence-corrected chi connectivity index (χ4v) is 1.91. The molecule has 1 aromatic heterocycles. The van der Waals surface area contributed by atoms with Crippen LogP contribution in [-0.4, -0.2) is 52.1 Å². The summed E-state index contributed by atoms with van der Waals surface area (Å²) in [5.41, 5.74) is 1.04. The minimum Gasteiger partial charge on any atom is -0.466 e. The molecule has 0 atom stereocenters. The number of thioether (sulfide) groups is 1. The monoisotopic (exact) mass is 308 g/mol. The van der Waals surface area contributed by atoms with Crippen LogP contribution in [0.25, 0.3) is 5.69 Å². The molecule has 0 amide bonds. The largest absolute Gasteiger partial charge is 0.466 e. The molecule has 0 aliphatic heterocycles. The van der Waals surface area contributed by atoms with Crippen molar-refractivity contribution in [3.8, 4) is 5.69 Å². The number of methoxy groups -OCH3 is 1. The van der Waals surface area contributed by atoms with Gasteiger partial charge in [0.2, 0.25) is 5.16 Å². The van der Waals surface area contributed by atoms with E-state index in [9.17, 15) is 9.59 Å². The van der Waals surface area contributed by atoms with Crippen molar-refractivity contribution in [1.82, 2.24) is 20.2 Å². The normalized spacial score (nSPS) is 10.2. The first kappa shape index (κ1) is 15.0. The summed E-state index contributed by atoms with van der Waals surface area (Å²) >= 11 is 1.41. The molecule has 0 unspecified atom stereocenters. The summed E-state index contributed by atoms with van der Waals surface area (Å²) in [6.45, 7) is -0.416. The molecule has 0 spiro atoms. The second-order valence-electron chi connectivity index (χ2n) is 3.78. The van der Waals surface area contributed by atoms with Gasteiger partial charge in [0.05, 0.1) is 18.4 Å². The van der Waals surface area contributed by atoms with E-state index in [-0.39, 0.29) is 0 Å². The summed E-state index contributed by atoms with van der Waals surface area (Å²) in [5.74, 6) is -1.22. The fourth-order valence-electron chi connectivity index (χ4n) is 1.47. The molecule has 0 radical (unpaired) electrons. The number of carbonyl (C=O) groups excluding carboxylic acids is 2. The zero-order chi connectivity index (χ0) is 15.2. The molecule has 1 aromatic carbocycles. The van der Waals surface area contributed by atoms with Gasteiger partial charge in [0.25, 0.3) is 0 Å². The number of nitrogens with zero attached hydrogens (tertiary/aromatic N) is 4. The Morgan fingerprint density at radius 2 is 2.00 bits per heavy atom. The Labute approximate surface area is 124 Å². The van der Waals surface area contributed by atoms with Gasteiger partial charge in [-0.2, -0.15) is 4.68 Å². The Morgan fingerprint density at radius 3 is 2.62 bits per heavy atom. The third-order valence-corrected chi connectivity index (χ3v) is 3.14. The van der Waals surface area contributed by atoms with E-state index in [2.05, 4.69) is 20.3 Å². The molecule has 0 bridgehead atoms. The average Bonchev–Trinajstić information content (AvgIpc) is 3.00. The molecule has 0 aliphatic rings. The van der Waals surface area contributed by atoms with Crippen LogP contribution in [0.2, 0.25) is 0 Å². The summed E-state index contributed by atoms with van der Waals surface area (Å²) < 4.78 is 10.7. The van der Waals surface area contributed by atoms with Gasteiger partial charge in [0.1, 0.15) is 0 Å². The molecule has 2 rings (SSSR count). The highest BCUT2D eigenvalue weighted by molar-refractivity contribution is 7.98. The maximum absolute atomic E-state index is 11.7. The van der Waals surface area contributed by atoms with Crippen LogP contribution in [0, 0.1) is 0 Å². The molecule has 0 saturated carbocycles. The van der Waals surface area contributed by atoms with Gasteiger partial charge in [-0.15, -0.1) is 5.10 Å². The highest BCUT2D eigenvalue weighted by Crippen LogP contribution is 2.16. The number of benzene rings is 1. The minimum absolute atomic E-state index is 0.321. The van der Waals surface area contributed by atoms with Crippen LogP contribution in [0.1, 0.15) is 10.4 Å². The van der Waals surface area contributed by atoms with Crippen molar-refractivity contribution in [2.75, 3.05) is 20.0 Å². The van der Waals surface area contributed by atoms with Gasteiger partial charge in [0, 0.05) is 0 Å². The Morgan fingerprint density at radius 1 is 1.29 bits per heavy atom. The summed E-state index contributed by atoms with van der Waals surface area (Å²) in [6, 6.07) is 6.51. The molecule has 1 heterocycles. The van der Waals surface area contributed by atoms with E-state index in [0.717, 1.165) is 0 Å². The second-order valence-corrected chi connectivity index (χ2v) is 4.55. The molecule has 9 heteroatoms. The van der Waals surface area contributed by atoms with Gasteiger partial charge in [-0.1, -0.05) is 11.8 Å². The first-order valence-corrected chi connectivity index (χ1v) is 7.05. The van der Waals surface area contributed by atoms with Gasteiger partial charge in [0.15, 0.2) is 6.61 Å². The van der Waals surface area contributed by atoms with Gasteiger partial charge in [-0.25, -0.2) is 9.59 Å². The number of carbonyl (C=O) groups is 2. The van der Waals surface area contributed by atoms with Crippen LogP contribution in [-0.2, 0) is 14.3 Å². The smallest absolute Gasteiger partial charge is 0.344 e. The average molecular weight is 308 g/mol. The number of aromatic nitrogens is 4. The molecule has 8 nitrogen and oxygen atoms in total. The molecule has 0 N–H and O–H groups in total. The Hall–Kier alpha value is -2.42. The van der Waals surface area contributed by atoms with E-state index in [0.29, 0.717) is 16.4 Å². The van der Waals surface area contributed by atoms with E-state index >= 15 is 0 Å². The zero-order valence-electron chi connectivity index (χ0n) is 11.3. The first-order chi connectivity index (χ1) is 10.2. The van der Waals surface area contributed by atoms with Gasteiger partial charge < -0.3 is 9.47 Å². The number of hydrogen-bond donors (Lipinski definition) is 0. The molecular weight excluding hydrogens is 296 g/mol. The lowest BCUT2D eigenvalue weighted by Crippen LogP contribution is -2.15. The standard InChI is InChI=1S/C12H12N4O4S/c1-19-10(17)7-20-11(18)8-3-5-9(6-4-8)16-12(21-2)13-14-15-16/h3-6H,7H2,1-2H3. The Kier molecular flexibility index (Phi) is 4.88. The number of ether oxygens (including phenoxy) is 2. The Balaban J connectivity index is 2.08. The molecular formula is C12H12N4O4S. The van der Waals surface area contributed by atoms with Crippen LogP contribution < -0.4 is 0 Å². The van der Waals surface area contributed by atoms with Crippen molar-refractivity contribution in [3.63, 3.8) is 0 Å². The summed E-state index contributed by atoms with van der Waals surface area (Å²) in [6.07, 6.45) is 1.86. The Bertz CT molecular complexity index is 641. The highest BCUT2D eigenvalue weighted by Gasteiger charge is 2.12. The zero-order valence-corrected chi connectivity index (χ0v) is 12.2. The maximum Gasteiger partial charge on any atom is 0.344 e. The summed E-state index contributed by atoms with van der Waals surface area (Å²) in [7, 11) is 1.22. The molecule has 0 saturated heterocycles. The predicted octanol–water partition coefficient (Wildman–Crippen LogP) is 0.714. The molecule has 0 fully saturated rings. The van der Waals surface area contributed by atoms with Crippen LogP contribution in [0.3, 0.4) is 0 Å². The van der Waals surface area contributed by atoms with Gasteiger partial charge in [-0.05, 0) is 40.9 Å². The van der Waals surface area contributed by atoms with Crippen molar-refractivity contribution in [1.29, 1.82) is 0 Å². The number of esters is 2. The van der Waals surface area contributed by atoms with Crippen molar-refractivity contribution in [3.05, 3.63) is 29.8 Å². The summed E-state index contributed by atoms with van der Waals surface area (Å²) in [4.78, 5) is 22.6. The van der Waals surface area contributed by atoms with E-state index in [1.165, 1.54) is 18.9 Å². The minimum atomic E-state index is -0.613. The quantitative estimate of drug-likeness (QED) is 0.588. The van der Waals surface area contributed by atoms with Crippen molar-refractivity contribution in [2.45, 2.75) is 5.16 Å². The molecule has 2 aromatic rings. The molecule has 0 aliphatic carbocycles. The lowest BCUT2D eigenvalue weighted by atomic mass is 10.2. The lowest BCUT2D eigenvalue weighted by molar-refractivity contribution is -0.144. The topological polar surface area (TPSA) is 96.2 Å². The van der Waals surface area contributed by atoms with Crippen LogP contribution in [0.4, 0.5) is 0 Å². The van der Waals surface area contributed by atoms with E-state index < -0.39 is 18.5 Å². The third-order valence-electron chi connectivity index (χ3n) is 2.52. The lowest BCUT2D eigenvalue weighted by Gasteiger charge is -2.05. The van der Waals surface area contributed by atoms with Gasteiger partial charge >= 0.3 is 11.9 Å².